The molecule has 0 radical (unpaired) electrons. The van der Waals surface area contributed by atoms with Crippen molar-refractivity contribution in [3.63, 3.8) is 0 Å². The second kappa shape index (κ2) is 11.9. The third-order valence-corrected chi connectivity index (χ3v) is 30.4. The van der Waals surface area contributed by atoms with Crippen LogP contribution in [0.15, 0.2) is 115 Å². The summed E-state index contributed by atoms with van der Waals surface area (Å²) in [5.74, 6) is 0. The van der Waals surface area contributed by atoms with E-state index in [1.54, 1.807) is 16.7 Å². The monoisotopic (exact) mass is 730 g/mol. The number of fused-ring (bicyclic) bond motifs is 7. The molecule has 0 heterocycles. The van der Waals surface area contributed by atoms with E-state index in [1.165, 1.54) is 66.1 Å². The van der Waals surface area contributed by atoms with Crippen molar-refractivity contribution in [2.45, 2.75) is 79.6 Å². The van der Waals surface area contributed by atoms with Gasteiger partial charge >= 0.3 is 303 Å². The van der Waals surface area contributed by atoms with Crippen LogP contribution in [0.1, 0.15) is 89.1 Å². The zero-order valence-electron chi connectivity index (χ0n) is 30.6. The molecule has 0 bridgehead atoms. The molecule has 0 fully saturated rings. The molecule has 2 heteroatoms. The van der Waals surface area contributed by atoms with Crippen LogP contribution in [0.3, 0.4) is 0 Å². The van der Waals surface area contributed by atoms with Crippen LogP contribution in [0.4, 0.5) is 0 Å². The molecule has 0 saturated carbocycles. The first-order chi connectivity index (χ1) is 23.3. The molecule has 49 heavy (non-hydrogen) atoms. The van der Waals surface area contributed by atoms with E-state index in [-0.39, 0.29) is 10.8 Å². The van der Waals surface area contributed by atoms with Gasteiger partial charge in [-0.3, -0.25) is 0 Å². The SMILES string of the molecule is CC1=C[CH]([Zr]([CH]2c3cc(C(C)(C)C)ccc3-c3ccc(C(C)(C)C)cc32)=[Si](C)C)c2cccc(-c3cc4ccccc4c4ccccc34)c21. The predicted octanol–water partition coefficient (Wildman–Crippen LogP) is 13.4. The number of hydrogen-bond acceptors (Lipinski definition) is 0. The quantitative estimate of drug-likeness (QED) is 0.126. The Bertz CT molecular complexity index is 2320. The first-order valence-corrected chi connectivity index (χ1v) is 27.0. The van der Waals surface area contributed by atoms with Crippen molar-refractivity contribution in [1.29, 1.82) is 0 Å². The number of allylic oxidation sites excluding steroid dienone is 2. The average Bonchev–Trinajstić information content (AvgIpc) is 3.57. The van der Waals surface area contributed by atoms with Crippen LogP contribution in [0.25, 0.3) is 49.4 Å². The molecule has 8 rings (SSSR count). The molecule has 244 valence electrons. The summed E-state index contributed by atoms with van der Waals surface area (Å²) >= 11 is -2.32. The van der Waals surface area contributed by atoms with Crippen LogP contribution in [0.2, 0.25) is 13.1 Å². The van der Waals surface area contributed by atoms with E-state index >= 15 is 0 Å². The van der Waals surface area contributed by atoms with E-state index in [2.05, 4.69) is 177 Å². The van der Waals surface area contributed by atoms with Gasteiger partial charge < -0.3 is 0 Å². The van der Waals surface area contributed by atoms with E-state index in [4.69, 9.17) is 0 Å². The van der Waals surface area contributed by atoms with Crippen molar-refractivity contribution >= 4 is 32.6 Å². The van der Waals surface area contributed by atoms with Crippen LogP contribution in [-0.2, 0) is 31.2 Å². The standard InChI is InChI=1S/C24H17.C21H25.C2H6Si.Zr/c1-16-13-14-17-8-6-12-22(24(16)17)23-15-18-7-2-3-9-19(18)20-10-4-5-11-21(20)23;1-20(2,3)16-7-9-18-14(12-16)11-15-13-17(21(4,5)6)8-10-19(15)18;1-3-2;/h2-15H,1H3;7-13H,1-6H3;1-2H3;. The molecule has 0 nitrogen and oxygen atoms in total. The van der Waals surface area contributed by atoms with E-state index < -0.39 is 25.8 Å². The van der Waals surface area contributed by atoms with Crippen molar-refractivity contribution < 1.29 is 20.4 Å². The Morgan fingerprint density at radius 2 is 1.10 bits per heavy atom. The topological polar surface area (TPSA) is 0 Å². The molecule has 0 amide bonds. The van der Waals surface area contributed by atoms with Crippen LogP contribution < -0.4 is 0 Å². The van der Waals surface area contributed by atoms with Gasteiger partial charge in [0.15, 0.2) is 0 Å². The third-order valence-electron chi connectivity index (χ3n) is 11.3. The first kappa shape index (κ1) is 32.9. The van der Waals surface area contributed by atoms with Gasteiger partial charge in [0.25, 0.3) is 0 Å². The fraction of sp³-hybridized carbons (Fsp3) is 0.277. The van der Waals surface area contributed by atoms with Crippen molar-refractivity contribution in [2.75, 3.05) is 0 Å². The average molecular weight is 732 g/mol. The summed E-state index contributed by atoms with van der Waals surface area (Å²) < 4.78 is 1.12. The minimum absolute atomic E-state index is 0.120. The molecule has 0 aromatic heterocycles. The summed E-state index contributed by atoms with van der Waals surface area (Å²) in [7, 11) is 0. The Balaban J connectivity index is 1.35. The fourth-order valence-corrected chi connectivity index (χ4v) is 28.2. The van der Waals surface area contributed by atoms with Gasteiger partial charge in [0.1, 0.15) is 0 Å². The number of hydrogen-bond donors (Lipinski definition) is 0. The normalized spacial score (nSPS) is 15.7. The molecular weight excluding hydrogens is 684 g/mol. The molecule has 1 atom stereocenters. The molecule has 2 aliphatic carbocycles. The van der Waals surface area contributed by atoms with Gasteiger partial charge in [0.2, 0.25) is 0 Å². The Labute approximate surface area is 301 Å². The van der Waals surface area contributed by atoms with Crippen LogP contribution in [0.5, 0.6) is 0 Å². The van der Waals surface area contributed by atoms with Crippen LogP contribution >= 0.6 is 0 Å². The van der Waals surface area contributed by atoms with Crippen molar-refractivity contribution in [3.8, 4) is 22.3 Å². The summed E-state index contributed by atoms with van der Waals surface area (Å²) in [6.07, 6.45) is 2.74. The molecule has 6 aromatic carbocycles. The molecular formula is C47H48SiZr. The zero-order chi connectivity index (χ0) is 34.4. The number of benzene rings is 6. The summed E-state index contributed by atoms with van der Waals surface area (Å²) in [6, 6.07) is 42.6. The Morgan fingerprint density at radius 1 is 0.531 bits per heavy atom. The molecule has 1 unspecified atom stereocenters. The maximum absolute atomic E-state index is 2.74. The van der Waals surface area contributed by atoms with Gasteiger partial charge in [-0.05, 0) is 0 Å². The van der Waals surface area contributed by atoms with Gasteiger partial charge in [-0.2, -0.15) is 0 Å². The minimum atomic E-state index is -2.32. The second-order valence-corrected chi connectivity index (χ2v) is 34.8. The number of rotatable bonds is 3. The Morgan fingerprint density at radius 3 is 1.69 bits per heavy atom. The van der Waals surface area contributed by atoms with Gasteiger partial charge in [-0.1, -0.05) is 0 Å². The summed E-state index contributed by atoms with van der Waals surface area (Å²) in [4.78, 5) is 0. The van der Waals surface area contributed by atoms with Gasteiger partial charge in [0, 0.05) is 0 Å². The molecule has 0 spiro atoms. The predicted molar refractivity (Wildman–Crippen MR) is 212 cm³/mol. The van der Waals surface area contributed by atoms with Gasteiger partial charge in [-0.15, -0.1) is 0 Å². The third kappa shape index (κ3) is 5.41. The van der Waals surface area contributed by atoms with E-state index in [1.807, 2.05) is 0 Å². The maximum atomic E-state index is 2.74. The summed E-state index contributed by atoms with van der Waals surface area (Å²) in [5, 5.41) is 5.35. The molecule has 6 aromatic rings. The second-order valence-electron chi connectivity index (χ2n) is 16.8. The van der Waals surface area contributed by atoms with Crippen molar-refractivity contribution in [1.82, 2.24) is 0 Å². The van der Waals surface area contributed by atoms with Crippen molar-refractivity contribution in [2.24, 2.45) is 0 Å². The fourth-order valence-electron chi connectivity index (χ4n) is 8.76. The van der Waals surface area contributed by atoms with E-state index in [9.17, 15) is 0 Å². The molecule has 0 saturated heterocycles. The van der Waals surface area contributed by atoms with Crippen LogP contribution in [0, 0.1) is 0 Å². The zero-order valence-corrected chi connectivity index (χ0v) is 34.1. The van der Waals surface area contributed by atoms with Crippen LogP contribution in [-0.4, -0.2) is 5.43 Å². The summed E-state index contributed by atoms with van der Waals surface area (Å²) in [6.45, 7) is 21.9. The van der Waals surface area contributed by atoms with Gasteiger partial charge in [0.05, 0.1) is 0 Å². The van der Waals surface area contributed by atoms with Crippen molar-refractivity contribution in [3.05, 3.63) is 149 Å². The summed E-state index contributed by atoms with van der Waals surface area (Å²) in [5.41, 5.74) is 16.2. The van der Waals surface area contributed by atoms with E-state index in [0.717, 1.165) is 0 Å². The molecule has 2 aliphatic rings. The first-order valence-electron chi connectivity index (χ1n) is 18.0. The molecule has 0 N–H and O–H groups in total. The Hall–Kier alpha value is -3.32. The van der Waals surface area contributed by atoms with E-state index in [0.29, 0.717) is 7.25 Å². The molecule has 0 aliphatic heterocycles. The van der Waals surface area contributed by atoms with Gasteiger partial charge in [-0.25, -0.2) is 0 Å². The Kier molecular flexibility index (Phi) is 7.97.